The molecule has 1 amide bonds. The zero-order valence-corrected chi connectivity index (χ0v) is 11.1. The van der Waals surface area contributed by atoms with Crippen LogP contribution in [0.3, 0.4) is 0 Å². The van der Waals surface area contributed by atoms with Gasteiger partial charge in [-0.05, 0) is 12.1 Å². The fourth-order valence-corrected chi connectivity index (χ4v) is 1.84. The van der Waals surface area contributed by atoms with Gasteiger partial charge in [0.1, 0.15) is 11.4 Å². The van der Waals surface area contributed by atoms with E-state index in [2.05, 4.69) is 9.72 Å². The van der Waals surface area contributed by atoms with Gasteiger partial charge in [0.15, 0.2) is 0 Å². The van der Waals surface area contributed by atoms with Gasteiger partial charge in [0.2, 0.25) is 0 Å². The van der Waals surface area contributed by atoms with E-state index in [4.69, 9.17) is 4.84 Å². The molecule has 1 fully saturated rings. The molecular formula is C12H15F2N3O3. The summed E-state index contributed by atoms with van der Waals surface area (Å²) in [5.41, 5.74) is 0.199. The SMILES string of the molecule is CON(C)C1CN(C(=O)c2ccc(OC(F)F)cn2)C1. The van der Waals surface area contributed by atoms with E-state index in [1.54, 1.807) is 24.1 Å². The van der Waals surface area contributed by atoms with Crippen molar-refractivity contribution in [3.63, 3.8) is 0 Å². The average molecular weight is 287 g/mol. The highest BCUT2D eigenvalue weighted by Crippen LogP contribution is 2.18. The van der Waals surface area contributed by atoms with Gasteiger partial charge in [0.25, 0.3) is 5.91 Å². The molecule has 1 aliphatic heterocycles. The van der Waals surface area contributed by atoms with Crippen LogP contribution in [-0.2, 0) is 4.84 Å². The van der Waals surface area contributed by atoms with E-state index in [1.165, 1.54) is 12.1 Å². The number of nitrogens with zero attached hydrogens (tertiary/aromatic N) is 3. The highest BCUT2D eigenvalue weighted by atomic mass is 19.3. The Labute approximate surface area is 114 Å². The Bertz CT molecular complexity index is 464. The fraction of sp³-hybridized carbons (Fsp3) is 0.500. The number of carbonyl (C=O) groups excluding carboxylic acids is 1. The molecule has 1 aromatic heterocycles. The summed E-state index contributed by atoms with van der Waals surface area (Å²) in [5, 5.41) is 1.68. The molecule has 1 aromatic rings. The van der Waals surface area contributed by atoms with Gasteiger partial charge < -0.3 is 14.5 Å². The average Bonchev–Trinajstić information content (AvgIpc) is 2.36. The van der Waals surface area contributed by atoms with E-state index in [-0.39, 0.29) is 23.4 Å². The van der Waals surface area contributed by atoms with Crippen molar-refractivity contribution in [2.45, 2.75) is 12.7 Å². The lowest BCUT2D eigenvalue weighted by Gasteiger charge is -2.42. The van der Waals surface area contributed by atoms with Crippen molar-refractivity contribution in [2.24, 2.45) is 0 Å². The van der Waals surface area contributed by atoms with Crippen LogP contribution in [0.1, 0.15) is 10.5 Å². The molecule has 6 nitrogen and oxygen atoms in total. The Kier molecular flexibility index (Phi) is 4.46. The number of rotatable bonds is 5. The second kappa shape index (κ2) is 6.10. The summed E-state index contributed by atoms with van der Waals surface area (Å²) in [6.07, 6.45) is 1.11. The maximum absolute atomic E-state index is 12.0. The summed E-state index contributed by atoms with van der Waals surface area (Å²) in [6.45, 7) is -1.82. The van der Waals surface area contributed by atoms with Gasteiger partial charge in [0.05, 0.1) is 19.3 Å². The minimum atomic E-state index is -2.90. The summed E-state index contributed by atoms with van der Waals surface area (Å²) in [6, 6.07) is 2.82. The summed E-state index contributed by atoms with van der Waals surface area (Å²) in [5.74, 6) is -0.313. The molecule has 0 atom stereocenters. The fourth-order valence-electron chi connectivity index (χ4n) is 1.84. The molecule has 0 bridgehead atoms. The zero-order chi connectivity index (χ0) is 14.7. The molecule has 0 radical (unpaired) electrons. The van der Waals surface area contributed by atoms with E-state index in [0.717, 1.165) is 6.20 Å². The van der Waals surface area contributed by atoms with Crippen LogP contribution >= 0.6 is 0 Å². The Morgan fingerprint density at radius 1 is 1.50 bits per heavy atom. The Morgan fingerprint density at radius 3 is 2.70 bits per heavy atom. The largest absolute Gasteiger partial charge is 0.433 e. The van der Waals surface area contributed by atoms with Crippen molar-refractivity contribution in [3.05, 3.63) is 24.0 Å². The van der Waals surface area contributed by atoms with Crippen LogP contribution in [0.15, 0.2) is 18.3 Å². The van der Waals surface area contributed by atoms with Crippen molar-refractivity contribution in [1.82, 2.24) is 14.9 Å². The zero-order valence-electron chi connectivity index (χ0n) is 11.1. The lowest BCUT2D eigenvalue weighted by molar-refractivity contribution is -0.167. The van der Waals surface area contributed by atoms with Gasteiger partial charge in [-0.25, -0.2) is 4.98 Å². The number of hydrogen-bond donors (Lipinski definition) is 0. The first kappa shape index (κ1) is 14.6. The lowest BCUT2D eigenvalue weighted by atomic mass is 10.1. The topological polar surface area (TPSA) is 54.9 Å². The molecular weight excluding hydrogens is 272 g/mol. The van der Waals surface area contributed by atoms with E-state index in [1.807, 2.05) is 0 Å². The molecule has 0 aromatic carbocycles. The first-order chi connectivity index (χ1) is 9.51. The minimum absolute atomic E-state index is 0.0721. The van der Waals surface area contributed by atoms with E-state index < -0.39 is 6.61 Å². The van der Waals surface area contributed by atoms with Crippen molar-refractivity contribution < 1.29 is 23.1 Å². The number of aromatic nitrogens is 1. The second-order valence-electron chi connectivity index (χ2n) is 4.35. The van der Waals surface area contributed by atoms with E-state index in [9.17, 15) is 13.6 Å². The molecule has 1 saturated heterocycles. The van der Waals surface area contributed by atoms with Crippen LogP contribution in [0.2, 0.25) is 0 Å². The molecule has 2 heterocycles. The first-order valence-electron chi connectivity index (χ1n) is 5.98. The quantitative estimate of drug-likeness (QED) is 0.756. The Hall–Kier alpha value is -1.80. The lowest BCUT2D eigenvalue weighted by Crippen LogP contribution is -2.59. The number of likely N-dealkylation sites (tertiary alicyclic amines) is 1. The molecule has 0 N–H and O–H groups in total. The Balaban J connectivity index is 1.91. The van der Waals surface area contributed by atoms with Crippen molar-refractivity contribution in [3.8, 4) is 5.75 Å². The van der Waals surface area contributed by atoms with Gasteiger partial charge in [-0.1, -0.05) is 0 Å². The number of ether oxygens (including phenoxy) is 1. The smallest absolute Gasteiger partial charge is 0.387 e. The number of hydroxylamine groups is 2. The molecule has 0 spiro atoms. The third kappa shape index (κ3) is 3.20. The third-order valence-electron chi connectivity index (χ3n) is 3.13. The number of likely N-dealkylation sites (N-methyl/N-ethyl adjacent to an activating group) is 1. The standard InChI is InChI=1S/C12H15F2N3O3/c1-16(19-2)8-6-17(7-8)11(18)10-4-3-9(5-15-10)20-12(13)14/h3-5,8,12H,6-7H2,1-2H3. The Morgan fingerprint density at radius 2 is 2.20 bits per heavy atom. The van der Waals surface area contributed by atoms with Gasteiger partial charge in [-0.3, -0.25) is 4.79 Å². The number of carbonyl (C=O) groups is 1. The molecule has 2 rings (SSSR count). The molecule has 0 saturated carbocycles. The summed E-state index contributed by atoms with van der Waals surface area (Å²) < 4.78 is 28.1. The van der Waals surface area contributed by atoms with Crippen LogP contribution < -0.4 is 4.74 Å². The van der Waals surface area contributed by atoms with Crippen molar-refractivity contribution in [2.75, 3.05) is 27.2 Å². The maximum Gasteiger partial charge on any atom is 0.387 e. The molecule has 8 heteroatoms. The number of pyridine rings is 1. The van der Waals surface area contributed by atoms with Crippen LogP contribution in [0.5, 0.6) is 5.75 Å². The van der Waals surface area contributed by atoms with Gasteiger partial charge in [-0.15, -0.1) is 0 Å². The van der Waals surface area contributed by atoms with E-state index >= 15 is 0 Å². The monoisotopic (exact) mass is 287 g/mol. The number of halogens is 2. The molecule has 20 heavy (non-hydrogen) atoms. The van der Waals surface area contributed by atoms with Crippen molar-refractivity contribution in [1.29, 1.82) is 0 Å². The van der Waals surface area contributed by atoms with Crippen molar-refractivity contribution >= 4 is 5.91 Å². The number of hydrogen-bond acceptors (Lipinski definition) is 5. The van der Waals surface area contributed by atoms with Crippen LogP contribution in [0.25, 0.3) is 0 Å². The van der Waals surface area contributed by atoms with Gasteiger partial charge >= 0.3 is 6.61 Å². The predicted octanol–water partition coefficient (Wildman–Crippen LogP) is 1.00. The van der Waals surface area contributed by atoms with Gasteiger partial charge in [-0.2, -0.15) is 13.8 Å². The van der Waals surface area contributed by atoms with E-state index in [0.29, 0.717) is 13.1 Å². The second-order valence-corrected chi connectivity index (χ2v) is 4.35. The normalized spacial score (nSPS) is 15.6. The van der Waals surface area contributed by atoms with Crippen LogP contribution in [0, 0.1) is 0 Å². The minimum Gasteiger partial charge on any atom is -0.433 e. The molecule has 1 aliphatic rings. The first-order valence-corrected chi connectivity index (χ1v) is 5.98. The predicted molar refractivity (Wildman–Crippen MR) is 65.3 cm³/mol. The maximum atomic E-state index is 12.0. The third-order valence-corrected chi connectivity index (χ3v) is 3.13. The molecule has 110 valence electrons. The molecule has 0 unspecified atom stereocenters. The van der Waals surface area contributed by atoms with Crippen LogP contribution in [-0.4, -0.2) is 60.8 Å². The van der Waals surface area contributed by atoms with Crippen LogP contribution in [0.4, 0.5) is 8.78 Å². The molecule has 0 aliphatic carbocycles. The summed E-state index contributed by atoms with van der Waals surface area (Å²) in [7, 11) is 3.36. The summed E-state index contributed by atoms with van der Waals surface area (Å²) >= 11 is 0. The summed E-state index contributed by atoms with van der Waals surface area (Å²) in [4.78, 5) is 22.5. The highest BCUT2D eigenvalue weighted by Gasteiger charge is 2.34. The number of alkyl halides is 2. The number of amides is 1. The van der Waals surface area contributed by atoms with Gasteiger partial charge in [0, 0.05) is 20.1 Å². The highest BCUT2D eigenvalue weighted by molar-refractivity contribution is 5.93.